The van der Waals surface area contributed by atoms with E-state index in [-0.39, 0.29) is 17.8 Å². The molecule has 1 aliphatic rings. The number of hydrogen-bond donors (Lipinski definition) is 0. The molecule has 2 heterocycles. The summed E-state index contributed by atoms with van der Waals surface area (Å²) in [7, 11) is 0. The standard InChI is InChI=1S/C22H23FN2OS2/c23-18-8-6-16(7-9-18)13-25(20-4-2-1-3-5-20)21(26)12-19-15-28-22(24-19)17-10-11-27-14-17/h6-11,14-15,20H,1-5,12-13H2. The Labute approximate surface area is 172 Å². The lowest BCUT2D eigenvalue weighted by Gasteiger charge is -2.34. The van der Waals surface area contributed by atoms with Crippen LogP contribution in [-0.4, -0.2) is 21.8 Å². The Bertz CT molecular complexity index is 899. The number of carbonyl (C=O) groups is 1. The van der Waals surface area contributed by atoms with Gasteiger partial charge in [0.25, 0.3) is 0 Å². The maximum atomic E-state index is 13.3. The number of hydrogen-bond acceptors (Lipinski definition) is 4. The minimum Gasteiger partial charge on any atom is -0.335 e. The van der Waals surface area contributed by atoms with Crippen LogP contribution in [0.5, 0.6) is 0 Å². The number of thiophene rings is 1. The summed E-state index contributed by atoms with van der Waals surface area (Å²) < 4.78 is 13.3. The molecule has 146 valence electrons. The van der Waals surface area contributed by atoms with Crippen LogP contribution in [0.3, 0.4) is 0 Å². The molecule has 3 aromatic rings. The van der Waals surface area contributed by atoms with E-state index in [4.69, 9.17) is 0 Å². The topological polar surface area (TPSA) is 33.2 Å². The normalized spacial score (nSPS) is 14.9. The summed E-state index contributed by atoms with van der Waals surface area (Å²) in [5, 5.41) is 7.07. The van der Waals surface area contributed by atoms with Crippen LogP contribution in [0, 0.1) is 5.82 Å². The summed E-state index contributed by atoms with van der Waals surface area (Å²) in [6.45, 7) is 0.533. The van der Waals surface area contributed by atoms with Crippen LogP contribution < -0.4 is 0 Å². The van der Waals surface area contributed by atoms with Crippen molar-refractivity contribution in [3.63, 3.8) is 0 Å². The molecular formula is C22H23FN2OS2. The van der Waals surface area contributed by atoms with E-state index in [1.807, 2.05) is 15.7 Å². The van der Waals surface area contributed by atoms with Gasteiger partial charge in [-0.15, -0.1) is 11.3 Å². The molecule has 1 aliphatic carbocycles. The number of halogens is 1. The van der Waals surface area contributed by atoms with Crippen molar-refractivity contribution in [3.8, 4) is 10.6 Å². The van der Waals surface area contributed by atoms with Gasteiger partial charge in [0.05, 0.1) is 12.1 Å². The first-order chi connectivity index (χ1) is 13.7. The molecule has 2 aromatic heterocycles. The van der Waals surface area contributed by atoms with Gasteiger partial charge in [-0.3, -0.25) is 4.79 Å². The lowest BCUT2D eigenvalue weighted by atomic mass is 9.93. The van der Waals surface area contributed by atoms with Gasteiger partial charge >= 0.3 is 0 Å². The first-order valence-corrected chi connectivity index (χ1v) is 11.5. The van der Waals surface area contributed by atoms with E-state index in [2.05, 4.69) is 16.4 Å². The lowest BCUT2D eigenvalue weighted by molar-refractivity contribution is -0.134. The van der Waals surface area contributed by atoms with E-state index < -0.39 is 0 Å². The van der Waals surface area contributed by atoms with E-state index in [9.17, 15) is 9.18 Å². The van der Waals surface area contributed by atoms with Crippen molar-refractivity contribution < 1.29 is 9.18 Å². The molecule has 0 N–H and O–H groups in total. The summed E-state index contributed by atoms with van der Waals surface area (Å²) >= 11 is 3.23. The van der Waals surface area contributed by atoms with Gasteiger partial charge in [0, 0.05) is 28.9 Å². The number of nitrogens with zero attached hydrogens (tertiary/aromatic N) is 2. The van der Waals surface area contributed by atoms with Crippen LogP contribution in [0.1, 0.15) is 43.4 Å². The third-order valence-corrected chi connectivity index (χ3v) is 6.88. The van der Waals surface area contributed by atoms with Crippen LogP contribution in [0.15, 0.2) is 46.5 Å². The second kappa shape index (κ2) is 8.97. The molecule has 0 spiro atoms. The van der Waals surface area contributed by atoms with Crippen molar-refractivity contribution >= 4 is 28.6 Å². The molecule has 28 heavy (non-hydrogen) atoms. The molecule has 0 aliphatic heterocycles. The molecule has 1 amide bonds. The highest BCUT2D eigenvalue weighted by molar-refractivity contribution is 7.14. The summed E-state index contributed by atoms with van der Waals surface area (Å²) in [6.07, 6.45) is 5.98. The molecule has 0 saturated heterocycles. The number of thiazole rings is 1. The monoisotopic (exact) mass is 414 g/mol. The maximum absolute atomic E-state index is 13.3. The summed E-state index contributed by atoms with van der Waals surface area (Å²) in [6, 6.07) is 8.80. The van der Waals surface area contributed by atoms with Crippen LogP contribution in [0.2, 0.25) is 0 Å². The average Bonchev–Trinajstić information content (AvgIpc) is 3.40. The first kappa shape index (κ1) is 19.3. The Kier molecular flexibility index (Phi) is 6.17. The highest BCUT2D eigenvalue weighted by Crippen LogP contribution is 2.28. The zero-order valence-corrected chi connectivity index (χ0v) is 17.3. The predicted octanol–water partition coefficient (Wildman–Crippen LogP) is 5.91. The Morgan fingerprint density at radius 2 is 1.89 bits per heavy atom. The van der Waals surface area contributed by atoms with Crippen molar-refractivity contribution in [3.05, 3.63) is 63.5 Å². The van der Waals surface area contributed by atoms with E-state index in [1.54, 1.807) is 34.8 Å². The number of carbonyl (C=O) groups excluding carboxylic acids is 1. The number of rotatable bonds is 6. The van der Waals surface area contributed by atoms with Crippen molar-refractivity contribution in [1.82, 2.24) is 9.88 Å². The molecule has 0 atom stereocenters. The average molecular weight is 415 g/mol. The fraction of sp³-hybridized carbons (Fsp3) is 0.364. The Hall–Kier alpha value is -2.05. The van der Waals surface area contributed by atoms with Gasteiger partial charge in [-0.1, -0.05) is 31.4 Å². The molecule has 1 fully saturated rings. The molecule has 0 radical (unpaired) electrons. The molecular weight excluding hydrogens is 391 g/mol. The van der Waals surface area contributed by atoms with E-state index >= 15 is 0 Å². The second-order valence-electron chi connectivity index (χ2n) is 7.27. The van der Waals surface area contributed by atoms with Crippen LogP contribution in [0.4, 0.5) is 4.39 Å². The highest BCUT2D eigenvalue weighted by Gasteiger charge is 2.26. The van der Waals surface area contributed by atoms with Crippen LogP contribution in [-0.2, 0) is 17.8 Å². The van der Waals surface area contributed by atoms with Crippen molar-refractivity contribution in [2.24, 2.45) is 0 Å². The van der Waals surface area contributed by atoms with E-state index in [0.29, 0.717) is 13.0 Å². The molecule has 4 rings (SSSR count). The molecule has 0 unspecified atom stereocenters. The van der Waals surface area contributed by atoms with Gasteiger partial charge in [0.15, 0.2) is 0 Å². The minimum atomic E-state index is -0.247. The molecule has 1 saturated carbocycles. The number of aromatic nitrogens is 1. The van der Waals surface area contributed by atoms with Gasteiger partial charge in [-0.05, 0) is 42.0 Å². The van der Waals surface area contributed by atoms with Gasteiger partial charge < -0.3 is 4.90 Å². The first-order valence-electron chi connectivity index (χ1n) is 9.70. The van der Waals surface area contributed by atoms with Crippen molar-refractivity contribution in [2.45, 2.75) is 51.1 Å². The van der Waals surface area contributed by atoms with Crippen molar-refractivity contribution in [1.29, 1.82) is 0 Å². The third kappa shape index (κ3) is 4.67. The lowest BCUT2D eigenvalue weighted by Crippen LogP contribution is -2.41. The second-order valence-corrected chi connectivity index (χ2v) is 8.91. The SMILES string of the molecule is O=C(Cc1csc(-c2ccsc2)n1)N(Cc1ccc(F)cc1)C1CCCCC1. The fourth-order valence-electron chi connectivity index (χ4n) is 3.76. The van der Waals surface area contributed by atoms with Crippen LogP contribution in [0.25, 0.3) is 10.6 Å². The minimum absolute atomic E-state index is 0.110. The van der Waals surface area contributed by atoms with E-state index in [1.165, 1.54) is 18.6 Å². The quantitative estimate of drug-likeness (QED) is 0.502. The molecule has 1 aromatic carbocycles. The summed E-state index contributed by atoms with van der Waals surface area (Å²) in [4.78, 5) is 19.9. The highest BCUT2D eigenvalue weighted by atomic mass is 32.1. The number of benzene rings is 1. The Morgan fingerprint density at radius 1 is 1.11 bits per heavy atom. The largest absolute Gasteiger partial charge is 0.335 e. The smallest absolute Gasteiger partial charge is 0.229 e. The zero-order valence-electron chi connectivity index (χ0n) is 15.6. The Morgan fingerprint density at radius 3 is 2.61 bits per heavy atom. The fourth-order valence-corrected chi connectivity index (χ4v) is 5.30. The van der Waals surface area contributed by atoms with Gasteiger partial charge in [0.2, 0.25) is 5.91 Å². The van der Waals surface area contributed by atoms with Gasteiger partial charge in [0.1, 0.15) is 10.8 Å². The third-order valence-electron chi connectivity index (χ3n) is 5.25. The maximum Gasteiger partial charge on any atom is 0.229 e. The molecule has 6 heteroatoms. The predicted molar refractivity (Wildman–Crippen MR) is 113 cm³/mol. The number of amides is 1. The summed E-state index contributed by atoms with van der Waals surface area (Å²) in [5.41, 5.74) is 2.91. The summed E-state index contributed by atoms with van der Waals surface area (Å²) in [5.74, 6) is -0.138. The van der Waals surface area contributed by atoms with E-state index in [0.717, 1.165) is 47.5 Å². The molecule has 3 nitrogen and oxygen atoms in total. The van der Waals surface area contributed by atoms with Gasteiger partial charge in [-0.2, -0.15) is 11.3 Å². The van der Waals surface area contributed by atoms with Gasteiger partial charge in [-0.25, -0.2) is 9.37 Å². The zero-order chi connectivity index (χ0) is 19.3. The van der Waals surface area contributed by atoms with Crippen molar-refractivity contribution in [2.75, 3.05) is 0 Å². The Balaban J connectivity index is 1.49. The van der Waals surface area contributed by atoms with Crippen LogP contribution >= 0.6 is 22.7 Å². The molecule has 0 bridgehead atoms.